The Balaban J connectivity index is 1.75. The fraction of sp³-hybridized carbons (Fsp3) is 0.444. The van der Waals surface area contributed by atoms with Crippen molar-refractivity contribution in [3.05, 3.63) is 58.7 Å². The van der Waals surface area contributed by atoms with Crippen LogP contribution in [0.25, 0.3) is 0 Å². The Labute approximate surface area is 199 Å². The number of benzene rings is 1. The van der Waals surface area contributed by atoms with Gasteiger partial charge in [-0.3, -0.25) is 14.6 Å². The average molecular weight is 466 g/mol. The van der Waals surface area contributed by atoms with Gasteiger partial charge in [0.1, 0.15) is 17.4 Å². The van der Waals surface area contributed by atoms with Crippen LogP contribution >= 0.6 is 0 Å². The second-order valence-corrected chi connectivity index (χ2v) is 9.15. The molecule has 180 valence electrons. The minimum absolute atomic E-state index is 0.0290. The molecule has 0 fully saturated rings. The Hall–Kier alpha value is -3.35. The van der Waals surface area contributed by atoms with Gasteiger partial charge in [0.2, 0.25) is 0 Å². The molecule has 2 aliphatic rings. The lowest BCUT2D eigenvalue weighted by Gasteiger charge is -2.35. The maximum absolute atomic E-state index is 13.6. The van der Waals surface area contributed by atoms with Gasteiger partial charge in [-0.15, -0.1) is 0 Å². The predicted molar refractivity (Wildman–Crippen MR) is 128 cm³/mol. The van der Waals surface area contributed by atoms with E-state index < -0.39 is 17.8 Å². The van der Waals surface area contributed by atoms with E-state index in [1.54, 1.807) is 14.2 Å². The zero-order valence-electron chi connectivity index (χ0n) is 20.5. The largest absolute Gasteiger partial charge is 0.493 e. The molecule has 34 heavy (non-hydrogen) atoms. The van der Waals surface area contributed by atoms with Gasteiger partial charge in [0.15, 0.2) is 17.3 Å². The van der Waals surface area contributed by atoms with Crippen LogP contribution in [0.3, 0.4) is 0 Å². The maximum Gasteiger partial charge on any atom is 0.316 e. The van der Waals surface area contributed by atoms with Crippen molar-refractivity contribution in [2.24, 2.45) is 10.9 Å². The quantitative estimate of drug-likeness (QED) is 0.550. The summed E-state index contributed by atoms with van der Waals surface area (Å²) in [5.74, 6) is 0.842. The molecule has 1 aromatic heterocycles. The number of ether oxygens (including phenoxy) is 3. The number of methoxy groups -OCH3 is 2. The van der Waals surface area contributed by atoms with Crippen LogP contribution < -0.4 is 9.47 Å². The lowest BCUT2D eigenvalue weighted by Crippen LogP contribution is -2.38. The number of ketones is 1. The zero-order chi connectivity index (χ0) is 24.6. The van der Waals surface area contributed by atoms with E-state index in [2.05, 4.69) is 0 Å². The molecule has 7 heteroatoms. The first-order valence-corrected chi connectivity index (χ1v) is 11.5. The van der Waals surface area contributed by atoms with Gasteiger partial charge in [0, 0.05) is 23.4 Å². The van der Waals surface area contributed by atoms with Crippen molar-refractivity contribution in [1.29, 1.82) is 0 Å². The highest BCUT2D eigenvalue weighted by Gasteiger charge is 2.46. The van der Waals surface area contributed by atoms with Crippen LogP contribution in [0.15, 0.2) is 51.0 Å². The van der Waals surface area contributed by atoms with E-state index in [0.29, 0.717) is 47.1 Å². The standard InChI is InChI=1S/C27H31NO6/c1-14(2)33-27(30)24-16(4)28-19-11-18(17-8-10-21(31-5)23(13-17)32-6)12-20(29)25(19)26(24)22-9-7-15(3)34-22/h7-10,13-14,18,24,26H,11-12H2,1-6H3. The van der Waals surface area contributed by atoms with Crippen LogP contribution in [0.2, 0.25) is 0 Å². The Morgan fingerprint density at radius 2 is 1.79 bits per heavy atom. The molecule has 1 aromatic carbocycles. The number of Topliss-reactive ketones (excluding diaryl/α,β-unsaturated/α-hetero) is 1. The number of esters is 1. The molecule has 7 nitrogen and oxygen atoms in total. The summed E-state index contributed by atoms with van der Waals surface area (Å²) >= 11 is 0. The SMILES string of the molecule is COc1ccc(C2CC(=O)C3=C(C2)N=C(C)C(C(=O)OC(C)C)C3c2ccc(C)o2)cc1OC. The summed E-state index contributed by atoms with van der Waals surface area (Å²) in [6, 6.07) is 9.41. The zero-order valence-corrected chi connectivity index (χ0v) is 20.5. The molecule has 1 aliphatic heterocycles. The van der Waals surface area contributed by atoms with E-state index in [0.717, 1.165) is 11.3 Å². The van der Waals surface area contributed by atoms with Gasteiger partial charge >= 0.3 is 5.97 Å². The molecule has 0 amide bonds. The van der Waals surface area contributed by atoms with Crippen molar-refractivity contribution < 1.29 is 28.2 Å². The fourth-order valence-corrected chi connectivity index (χ4v) is 4.94. The van der Waals surface area contributed by atoms with E-state index in [-0.39, 0.29) is 17.8 Å². The van der Waals surface area contributed by atoms with Gasteiger partial charge in [-0.1, -0.05) is 6.07 Å². The molecule has 4 rings (SSSR count). The van der Waals surface area contributed by atoms with Crippen molar-refractivity contribution in [2.45, 2.75) is 58.5 Å². The monoisotopic (exact) mass is 465 g/mol. The molecule has 0 bridgehead atoms. The first kappa shape index (κ1) is 23.8. The summed E-state index contributed by atoms with van der Waals surface area (Å²) in [4.78, 5) is 31.5. The molecule has 3 atom stereocenters. The third kappa shape index (κ3) is 4.39. The van der Waals surface area contributed by atoms with Crippen molar-refractivity contribution in [3.63, 3.8) is 0 Å². The summed E-state index contributed by atoms with van der Waals surface area (Å²) in [5.41, 5.74) is 2.88. The van der Waals surface area contributed by atoms with Gasteiger partial charge < -0.3 is 18.6 Å². The van der Waals surface area contributed by atoms with Crippen LogP contribution in [-0.2, 0) is 14.3 Å². The number of rotatable bonds is 6. The molecule has 3 unspecified atom stereocenters. The number of aryl methyl sites for hydroxylation is 1. The first-order valence-electron chi connectivity index (χ1n) is 11.5. The minimum Gasteiger partial charge on any atom is -0.493 e. The molecule has 0 saturated heterocycles. The predicted octanol–water partition coefficient (Wildman–Crippen LogP) is 5.13. The van der Waals surface area contributed by atoms with Crippen molar-refractivity contribution in [2.75, 3.05) is 14.2 Å². The van der Waals surface area contributed by atoms with Gasteiger partial charge in [-0.05, 0) is 69.9 Å². The van der Waals surface area contributed by atoms with Gasteiger partial charge in [-0.25, -0.2) is 0 Å². The van der Waals surface area contributed by atoms with Gasteiger partial charge in [0.25, 0.3) is 0 Å². The van der Waals surface area contributed by atoms with Crippen LogP contribution in [0.4, 0.5) is 0 Å². The van der Waals surface area contributed by atoms with Crippen LogP contribution in [0, 0.1) is 12.8 Å². The second-order valence-electron chi connectivity index (χ2n) is 9.15. The van der Waals surface area contributed by atoms with E-state index >= 15 is 0 Å². The molecular formula is C27H31NO6. The van der Waals surface area contributed by atoms with E-state index in [1.165, 1.54) is 0 Å². The highest BCUT2D eigenvalue weighted by atomic mass is 16.5. The number of nitrogens with zero attached hydrogens (tertiary/aromatic N) is 1. The third-order valence-electron chi connectivity index (χ3n) is 6.44. The van der Waals surface area contributed by atoms with Gasteiger partial charge in [-0.2, -0.15) is 0 Å². The molecular weight excluding hydrogens is 434 g/mol. The van der Waals surface area contributed by atoms with Crippen LogP contribution in [-0.4, -0.2) is 37.8 Å². The molecule has 0 saturated carbocycles. The summed E-state index contributed by atoms with van der Waals surface area (Å²) < 4.78 is 22.3. The van der Waals surface area contributed by atoms with Crippen molar-refractivity contribution in [1.82, 2.24) is 0 Å². The fourth-order valence-electron chi connectivity index (χ4n) is 4.94. The van der Waals surface area contributed by atoms with Gasteiger partial charge in [0.05, 0.1) is 26.2 Å². The first-order chi connectivity index (χ1) is 16.2. The molecule has 0 spiro atoms. The molecule has 0 radical (unpaired) electrons. The normalized spacial score (nSPS) is 22.4. The Bertz CT molecular complexity index is 1170. The lowest BCUT2D eigenvalue weighted by atomic mass is 9.70. The highest BCUT2D eigenvalue weighted by molar-refractivity contribution is 6.09. The number of hydrogen-bond donors (Lipinski definition) is 0. The van der Waals surface area contributed by atoms with Crippen LogP contribution in [0.5, 0.6) is 11.5 Å². The third-order valence-corrected chi connectivity index (χ3v) is 6.44. The number of carbonyl (C=O) groups excluding carboxylic acids is 2. The smallest absolute Gasteiger partial charge is 0.316 e. The summed E-state index contributed by atoms with van der Waals surface area (Å²) in [6.07, 6.45) is 0.618. The van der Waals surface area contributed by atoms with Crippen molar-refractivity contribution >= 4 is 17.5 Å². The Morgan fingerprint density at radius 1 is 1.06 bits per heavy atom. The molecule has 2 heterocycles. The minimum atomic E-state index is -0.701. The number of allylic oxidation sites excluding steroid dienone is 2. The Kier molecular flexibility index (Phi) is 6.64. The summed E-state index contributed by atoms with van der Waals surface area (Å²) in [5, 5.41) is 0. The second kappa shape index (κ2) is 9.49. The number of aliphatic imine (C=N–C) groups is 1. The lowest BCUT2D eigenvalue weighted by molar-refractivity contribution is -0.150. The van der Waals surface area contributed by atoms with Crippen LogP contribution in [0.1, 0.15) is 62.5 Å². The number of carbonyl (C=O) groups is 2. The molecule has 0 N–H and O–H groups in total. The topological polar surface area (TPSA) is 87.3 Å². The Morgan fingerprint density at radius 3 is 2.41 bits per heavy atom. The number of furan rings is 1. The average Bonchev–Trinajstić information content (AvgIpc) is 3.22. The number of hydrogen-bond acceptors (Lipinski definition) is 7. The van der Waals surface area contributed by atoms with E-state index in [9.17, 15) is 9.59 Å². The summed E-state index contributed by atoms with van der Waals surface area (Å²) in [7, 11) is 3.19. The van der Waals surface area contributed by atoms with E-state index in [4.69, 9.17) is 23.6 Å². The molecule has 2 aromatic rings. The molecule has 1 aliphatic carbocycles. The maximum atomic E-state index is 13.6. The van der Waals surface area contributed by atoms with Crippen molar-refractivity contribution in [3.8, 4) is 11.5 Å². The summed E-state index contributed by atoms with van der Waals surface area (Å²) in [6.45, 7) is 7.29. The van der Waals surface area contributed by atoms with E-state index in [1.807, 2.05) is 58.0 Å². The highest BCUT2D eigenvalue weighted by Crippen LogP contribution is 2.47.